The van der Waals surface area contributed by atoms with Gasteiger partial charge in [0.25, 0.3) is 5.91 Å². The number of carbonyl (C=O) groups is 3. The molecule has 9 heteroatoms. The average molecular weight is 539 g/mol. The van der Waals surface area contributed by atoms with Gasteiger partial charge >= 0.3 is 0 Å². The largest absolute Gasteiger partial charge is 0.343 e. The second kappa shape index (κ2) is 11.6. The van der Waals surface area contributed by atoms with Crippen molar-refractivity contribution in [3.8, 4) is 0 Å². The van der Waals surface area contributed by atoms with E-state index >= 15 is 0 Å². The first-order chi connectivity index (χ1) is 16.5. The van der Waals surface area contributed by atoms with Crippen LogP contribution in [0.3, 0.4) is 0 Å². The molecule has 1 heterocycles. The van der Waals surface area contributed by atoms with Crippen molar-refractivity contribution in [1.29, 1.82) is 0 Å². The number of nitrogens with one attached hydrogen (secondary N) is 1. The molecule has 1 fully saturated rings. The molecule has 2 atom stereocenters. The zero-order valence-electron chi connectivity index (χ0n) is 20.1. The van der Waals surface area contributed by atoms with Crippen LogP contribution in [-0.4, -0.2) is 65.1 Å². The van der Waals surface area contributed by atoms with Crippen LogP contribution >= 0.6 is 34.8 Å². The van der Waals surface area contributed by atoms with E-state index in [0.29, 0.717) is 41.7 Å². The van der Waals surface area contributed by atoms with Crippen LogP contribution < -0.4 is 5.32 Å². The molecule has 1 saturated heterocycles. The van der Waals surface area contributed by atoms with Crippen molar-refractivity contribution in [3.05, 3.63) is 69.7 Å². The summed E-state index contributed by atoms with van der Waals surface area (Å²) in [5.74, 6) is -0.530. The fourth-order valence-corrected chi connectivity index (χ4v) is 4.57. The molecule has 0 aromatic heterocycles. The minimum Gasteiger partial charge on any atom is -0.343 e. The molecule has 188 valence electrons. The van der Waals surface area contributed by atoms with E-state index in [1.807, 2.05) is 37.3 Å². The van der Waals surface area contributed by atoms with Crippen LogP contribution in [-0.2, 0) is 16.0 Å². The highest BCUT2D eigenvalue weighted by atomic mass is 35.5. The van der Waals surface area contributed by atoms with E-state index in [4.69, 9.17) is 34.8 Å². The number of carbonyl (C=O) groups excluding carboxylic acids is 3. The first-order valence-electron chi connectivity index (χ1n) is 11.5. The van der Waals surface area contributed by atoms with Gasteiger partial charge in [-0.15, -0.1) is 11.6 Å². The Labute approximate surface area is 221 Å². The first kappa shape index (κ1) is 27.3. The third kappa shape index (κ3) is 6.69. The second-order valence-electron chi connectivity index (χ2n) is 9.49. The summed E-state index contributed by atoms with van der Waals surface area (Å²) in [6.07, 6.45) is 0.359. The van der Waals surface area contributed by atoms with Gasteiger partial charge in [-0.3, -0.25) is 14.4 Å². The van der Waals surface area contributed by atoms with Gasteiger partial charge in [-0.05, 0) is 44.5 Å². The number of alkyl halides is 1. The van der Waals surface area contributed by atoms with Crippen LogP contribution in [0.1, 0.15) is 36.7 Å². The van der Waals surface area contributed by atoms with Gasteiger partial charge in [0.15, 0.2) is 0 Å². The fraction of sp³-hybridized carbons (Fsp3) is 0.423. The Morgan fingerprint density at radius 3 is 2.37 bits per heavy atom. The summed E-state index contributed by atoms with van der Waals surface area (Å²) in [6, 6.07) is 13.4. The van der Waals surface area contributed by atoms with Gasteiger partial charge in [-0.2, -0.15) is 0 Å². The maximum Gasteiger partial charge on any atom is 0.255 e. The van der Waals surface area contributed by atoms with E-state index in [9.17, 15) is 14.4 Å². The number of nitrogens with zero attached hydrogens (tertiary/aromatic N) is 2. The van der Waals surface area contributed by atoms with Gasteiger partial charge in [0, 0.05) is 43.0 Å². The normalized spacial score (nSPS) is 17.1. The molecule has 2 unspecified atom stereocenters. The molecule has 3 rings (SSSR count). The molecule has 1 N–H and O–H groups in total. The molecule has 2 aromatic carbocycles. The summed E-state index contributed by atoms with van der Waals surface area (Å²) in [6.45, 7) is 6.42. The van der Waals surface area contributed by atoms with E-state index < -0.39 is 11.5 Å². The number of piperazine rings is 1. The topological polar surface area (TPSA) is 69.7 Å². The van der Waals surface area contributed by atoms with Crippen molar-refractivity contribution in [2.24, 2.45) is 5.41 Å². The maximum absolute atomic E-state index is 13.6. The summed E-state index contributed by atoms with van der Waals surface area (Å²) in [5.41, 5.74) is 0.502. The third-order valence-electron chi connectivity index (χ3n) is 6.20. The molecule has 0 spiro atoms. The molecule has 3 amide bonds. The van der Waals surface area contributed by atoms with E-state index in [1.54, 1.807) is 41.8 Å². The lowest BCUT2D eigenvalue weighted by molar-refractivity contribution is -0.140. The fourth-order valence-electron chi connectivity index (χ4n) is 3.96. The highest BCUT2D eigenvalue weighted by Gasteiger charge is 2.36. The first-order valence-corrected chi connectivity index (χ1v) is 12.8. The Balaban J connectivity index is 1.74. The van der Waals surface area contributed by atoms with Gasteiger partial charge in [0.05, 0.1) is 16.0 Å². The Morgan fingerprint density at radius 1 is 1.09 bits per heavy atom. The standard InChI is InChI=1S/C26H30Cl3N3O3/c1-17-15-31(11-12-32(17)23(33)20-10-9-19(28)14-21(20)29)24(34)22(13-18-7-5-4-6-8-18)30-25(35)26(2,3)16-27/h4-10,14,17,22H,11-13,15-16H2,1-3H3,(H,30,35). The third-order valence-corrected chi connectivity index (χ3v) is 7.41. The van der Waals surface area contributed by atoms with Gasteiger partial charge in [0.1, 0.15) is 6.04 Å². The van der Waals surface area contributed by atoms with Crippen molar-refractivity contribution in [2.75, 3.05) is 25.5 Å². The van der Waals surface area contributed by atoms with Crippen LogP contribution in [0, 0.1) is 5.41 Å². The molecule has 0 radical (unpaired) electrons. The maximum atomic E-state index is 13.6. The van der Waals surface area contributed by atoms with Crippen LogP contribution in [0.15, 0.2) is 48.5 Å². The highest BCUT2D eigenvalue weighted by Crippen LogP contribution is 2.24. The van der Waals surface area contributed by atoms with Crippen molar-refractivity contribution < 1.29 is 14.4 Å². The van der Waals surface area contributed by atoms with E-state index in [-0.39, 0.29) is 29.6 Å². The molecular weight excluding hydrogens is 509 g/mol. The zero-order chi connectivity index (χ0) is 25.8. The van der Waals surface area contributed by atoms with Gasteiger partial charge < -0.3 is 15.1 Å². The minimum atomic E-state index is -0.812. The van der Waals surface area contributed by atoms with Crippen LogP contribution in [0.5, 0.6) is 0 Å². The van der Waals surface area contributed by atoms with Crippen LogP contribution in [0.2, 0.25) is 10.0 Å². The Kier molecular flexibility index (Phi) is 9.08. The lowest BCUT2D eigenvalue weighted by Gasteiger charge is -2.41. The van der Waals surface area contributed by atoms with Crippen molar-refractivity contribution in [3.63, 3.8) is 0 Å². The Hall–Kier alpha value is -2.28. The highest BCUT2D eigenvalue weighted by molar-refractivity contribution is 6.36. The molecule has 1 aliphatic rings. The smallest absolute Gasteiger partial charge is 0.255 e. The molecular formula is C26H30Cl3N3O3. The van der Waals surface area contributed by atoms with Gasteiger partial charge in [0.2, 0.25) is 11.8 Å². The number of hydrogen-bond donors (Lipinski definition) is 1. The zero-order valence-corrected chi connectivity index (χ0v) is 22.3. The molecule has 0 saturated carbocycles. The SMILES string of the molecule is CC1CN(C(=O)C(Cc2ccccc2)NC(=O)C(C)(C)CCl)CCN1C(=O)c1ccc(Cl)cc1Cl. The molecule has 35 heavy (non-hydrogen) atoms. The molecule has 2 aromatic rings. The number of amides is 3. The summed E-state index contributed by atoms with van der Waals surface area (Å²) < 4.78 is 0. The van der Waals surface area contributed by atoms with Crippen molar-refractivity contribution in [1.82, 2.24) is 15.1 Å². The van der Waals surface area contributed by atoms with Gasteiger partial charge in [-0.1, -0.05) is 53.5 Å². The lowest BCUT2D eigenvalue weighted by atomic mass is 9.94. The molecule has 6 nitrogen and oxygen atoms in total. The molecule has 1 aliphatic heterocycles. The minimum absolute atomic E-state index is 0.135. The second-order valence-corrected chi connectivity index (χ2v) is 10.6. The Bertz CT molecular complexity index is 1080. The van der Waals surface area contributed by atoms with Crippen LogP contribution in [0.4, 0.5) is 0 Å². The number of halogens is 3. The molecule has 0 bridgehead atoms. The average Bonchev–Trinajstić information content (AvgIpc) is 2.83. The predicted octanol–water partition coefficient (Wildman–Crippen LogP) is 4.66. The van der Waals surface area contributed by atoms with E-state index in [2.05, 4.69) is 5.32 Å². The van der Waals surface area contributed by atoms with E-state index in [1.165, 1.54) is 0 Å². The van der Waals surface area contributed by atoms with Gasteiger partial charge in [-0.25, -0.2) is 0 Å². The number of rotatable bonds is 7. The quantitative estimate of drug-likeness (QED) is 0.521. The monoisotopic (exact) mass is 537 g/mol. The van der Waals surface area contributed by atoms with Crippen molar-refractivity contribution in [2.45, 2.75) is 39.3 Å². The van der Waals surface area contributed by atoms with Crippen molar-refractivity contribution >= 4 is 52.5 Å². The summed E-state index contributed by atoms with van der Waals surface area (Å²) in [5, 5.41) is 3.67. The van der Waals surface area contributed by atoms with E-state index in [0.717, 1.165) is 5.56 Å². The predicted molar refractivity (Wildman–Crippen MR) is 140 cm³/mol. The summed E-state index contributed by atoms with van der Waals surface area (Å²) in [7, 11) is 0. The molecule has 0 aliphatic carbocycles. The number of benzene rings is 2. The lowest BCUT2D eigenvalue weighted by Crippen LogP contribution is -2.60. The Morgan fingerprint density at radius 2 is 1.77 bits per heavy atom. The summed E-state index contributed by atoms with van der Waals surface area (Å²) >= 11 is 18.2. The number of hydrogen-bond acceptors (Lipinski definition) is 3. The van der Waals surface area contributed by atoms with Crippen LogP contribution in [0.25, 0.3) is 0 Å². The summed E-state index contributed by atoms with van der Waals surface area (Å²) in [4.78, 5) is 43.0.